The van der Waals surface area contributed by atoms with Gasteiger partial charge in [0.05, 0.1) is 5.57 Å². The Morgan fingerprint density at radius 1 is 0.737 bits per heavy atom. The Hall–Kier alpha value is -2.36. The van der Waals surface area contributed by atoms with Gasteiger partial charge >= 0.3 is 11.9 Å². The second-order valence-electron chi connectivity index (χ2n) is 11.2. The van der Waals surface area contributed by atoms with E-state index in [1.807, 2.05) is 18.2 Å². The minimum Gasteiger partial charge on any atom is -0.427 e. The lowest BCUT2D eigenvalue weighted by Gasteiger charge is -2.14. The molecule has 1 heterocycles. The summed E-state index contributed by atoms with van der Waals surface area (Å²) in [4.78, 5) is 24.6. The summed E-state index contributed by atoms with van der Waals surface area (Å²) in [6, 6.07) is 7.26. The third kappa shape index (κ3) is 11.2. The predicted octanol–water partition coefficient (Wildman–Crippen LogP) is 10.0. The molecular weight excluding hydrogens is 472 g/mol. The van der Waals surface area contributed by atoms with E-state index in [-0.39, 0.29) is 11.9 Å². The number of hydrogen-bond donors (Lipinski definition) is 0. The van der Waals surface area contributed by atoms with Gasteiger partial charge in [-0.3, -0.25) is 4.79 Å². The Morgan fingerprint density at radius 3 is 1.82 bits per heavy atom. The average molecular weight is 523 g/mol. The maximum Gasteiger partial charge on any atom is 0.343 e. The number of cyclic esters (lactones) is 1. The fourth-order valence-electron chi connectivity index (χ4n) is 5.52. The minimum atomic E-state index is -0.240. The largest absolute Gasteiger partial charge is 0.427 e. The number of allylic oxidation sites excluding steroid dienone is 1. The molecule has 210 valence electrons. The minimum absolute atomic E-state index is 0.178. The van der Waals surface area contributed by atoms with Gasteiger partial charge in [-0.25, -0.2) is 4.79 Å². The van der Waals surface area contributed by atoms with Crippen LogP contribution in [0.5, 0.6) is 5.75 Å². The van der Waals surface area contributed by atoms with Crippen LogP contribution in [-0.2, 0) is 14.3 Å². The van der Waals surface area contributed by atoms with Crippen LogP contribution in [0.1, 0.15) is 147 Å². The molecule has 0 saturated heterocycles. The molecule has 0 aromatic heterocycles. The highest BCUT2D eigenvalue weighted by Gasteiger charge is 2.25. The molecular formula is C34H50O4. The first-order chi connectivity index (χ1) is 18.7. The van der Waals surface area contributed by atoms with Gasteiger partial charge in [-0.2, -0.15) is 0 Å². The van der Waals surface area contributed by atoms with Crippen molar-refractivity contribution < 1.29 is 19.1 Å². The van der Waals surface area contributed by atoms with Gasteiger partial charge in [0.2, 0.25) is 0 Å². The van der Waals surface area contributed by atoms with Crippen molar-refractivity contribution in [1.29, 1.82) is 0 Å². The van der Waals surface area contributed by atoms with Gasteiger partial charge < -0.3 is 9.47 Å². The zero-order chi connectivity index (χ0) is 26.8. The molecule has 0 unspecified atom stereocenters. The molecule has 38 heavy (non-hydrogen) atoms. The lowest BCUT2D eigenvalue weighted by molar-refractivity contribution is -0.134. The molecule has 0 radical (unpaired) electrons. The second kappa shape index (κ2) is 18.0. The molecule has 0 atom stereocenters. The quantitative estimate of drug-likeness (QED) is 0.0833. The van der Waals surface area contributed by atoms with Gasteiger partial charge in [0.15, 0.2) is 0 Å². The summed E-state index contributed by atoms with van der Waals surface area (Å²) >= 11 is 0. The lowest BCUT2D eigenvalue weighted by atomic mass is 9.91. The number of hydrogen-bond acceptors (Lipinski definition) is 4. The van der Waals surface area contributed by atoms with Gasteiger partial charge in [0, 0.05) is 12.0 Å². The van der Waals surface area contributed by atoms with E-state index in [1.54, 1.807) is 12.1 Å². The van der Waals surface area contributed by atoms with Crippen LogP contribution in [0.2, 0.25) is 0 Å². The first kappa shape index (κ1) is 30.2. The predicted molar refractivity (Wildman–Crippen MR) is 156 cm³/mol. The number of rotatable bonds is 18. The third-order valence-electron chi connectivity index (χ3n) is 7.89. The van der Waals surface area contributed by atoms with Crippen LogP contribution < -0.4 is 4.74 Å². The fraction of sp³-hybridized carbons (Fsp3) is 0.647. The van der Waals surface area contributed by atoms with E-state index < -0.39 is 0 Å². The molecule has 1 saturated carbocycles. The maximum absolute atomic E-state index is 12.3. The Morgan fingerprint density at radius 2 is 1.26 bits per heavy atom. The summed E-state index contributed by atoms with van der Waals surface area (Å²) in [5.41, 5.74) is 2.78. The van der Waals surface area contributed by atoms with Crippen molar-refractivity contribution in [1.82, 2.24) is 0 Å². The Bertz CT molecular complexity index is 901. The van der Waals surface area contributed by atoms with E-state index in [1.165, 1.54) is 95.5 Å². The van der Waals surface area contributed by atoms with Gasteiger partial charge in [0.1, 0.15) is 11.5 Å². The van der Waals surface area contributed by atoms with Gasteiger partial charge in [0.25, 0.3) is 0 Å². The molecule has 1 aromatic carbocycles. The second-order valence-corrected chi connectivity index (χ2v) is 11.2. The zero-order valence-corrected chi connectivity index (χ0v) is 23.9. The molecule has 3 rings (SSSR count). The zero-order valence-electron chi connectivity index (χ0n) is 23.9. The van der Waals surface area contributed by atoms with Crippen molar-refractivity contribution >= 4 is 17.7 Å². The van der Waals surface area contributed by atoms with Crippen LogP contribution in [0.4, 0.5) is 0 Å². The molecule has 0 N–H and O–H groups in total. The molecule has 4 nitrogen and oxygen atoms in total. The van der Waals surface area contributed by atoms with Crippen molar-refractivity contribution in [3.8, 4) is 5.75 Å². The van der Waals surface area contributed by atoms with Gasteiger partial charge in [-0.1, -0.05) is 109 Å². The Balaban J connectivity index is 1.22. The molecule has 1 aromatic rings. The highest BCUT2D eigenvalue weighted by molar-refractivity contribution is 6.02. The topological polar surface area (TPSA) is 52.6 Å². The molecule has 1 aliphatic carbocycles. The van der Waals surface area contributed by atoms with Crippen LogP contribution >= 0.6 is 0 Å². The van der Waals surface area contributed by atoms with E-state index in [2.05, 4.69) is 6.92 Å². The molecule has 0 spiro atoms. The van der Waals surface area contributed by atoms with Crippen molar-refractivity contribution in [3.05, 3.63) is 47.1 Å². The van der Waals surface area contributed by atoms with Crippen LogP contribution in [0.3, 0.4) is 0 Å². The van der Waals surface area contributed by atoms with Crippen LogP contribution in [0, 0.1) is 0 Å². The van der Waals surface area contributed by atoms with Crippen molar-refractivity contribution in [2.45, 2.75) is 142 Å². The number of unbranched alkanes of at least 4 members (excludes halogenated alkanes) is 14. The SMILES string of the molecule is CCCCCCCCCCCCCCCCCC(=O)Oc1ccc(C2=CC(=C3CCCCC3)C(=O)O2)cc1. The molecule has 0 bridgehead atoms. The van der Waals surface area contributed by atoms with Crippen LogP contribution in [0.15, 0.2) is 41.5 Å². The van der Waals surface area contributed by atoms with E-state index in [9.17, 15) is 9.59 Å². The summed E-state index contributed by atoms with van der Waals surface area (Å²) in [5, 5.41) is 0. The first-order valence-electron chi connectivity index (χ1n) is 15.6. The highest BCUT2D eigenvalue weighted by atomic mass is 16.5. The Labute approximate surface area is 231 Å². The number of carbonyl (C=O) groups excluding carboxylic acids is 2. The monoisotopic (exact) mass is 522 g/mol. The van der Waals surface area contributed by atoms with E-state index in [0.717, 1.165) is 49.7 Å². The third-order valence-corrected chi connectivity index (χ3v) is 7.89. The number of ether oxygens (including phenoxy) is 2. The summed E-state index contributed by atoms with van der Waals surface area (Å²) in [7, 11) is 0. The summed E-state index contributed by atoms with van der Waals surface area (Å²) in [6.07, 6.45) is 27.5. The van der Waals surface area contributed by atoms with Crippen molar-refractivity contribution in [2.24, 2.45) is 0 Å². The van der Waals surface area contributed by atoms with Crippen molar-refractivity contribution in [3.63, 3.8) is 0 Å². The molecule has 2 aliphatic rings. The van der Waals surface area contributed by atoms with Gasteiger partial charge in [-0.05, 0) is 62.4 Å². The fourth-order valence-corrected chi connectivity index (χ4v) is 5.52. The van der Waals surface area contributed by atoms with E-state index in [0.29, 0.717) is 17.9 Å². The average Bonchev–Trinajstić information content (AvgIpc) is 3.33. The lowest BCUT2D eigenvalue weighted by Crippen LogP contribution is -2.07. The van der Waals surface area contributed by atoms with Crippen molar-refractivity contribution in [2.75, 3.05) is 0 Å². The Kier molecular flexibility index (Phi) is 14.3. The summed E-state index contributed by atoms with van der Waals surface area (Å²) < 4.78 is 11.0. The first-order valence-corrected chi connectivity index (χ1v) is 15.6. The number of esters is 2. The summed E-state index contributed by atoms with van der Waals surface area (Å²) in [5.74, 6) is 0.702. The maximum atomic E-state index is 12.3. The molecule has 1 aliphatic heterocycles. The molecule has 1 fully saturated rings. The smallest absolute Gasteiger partial charge is 0.343 e. The van der Waals surface area contributed by atoms with E-state index in [4.69, 9.17) is 9.47 Å². The van der Waals surface area contributed by atoms with E-state index >= 15 is 0 Å². The standard InChI is InChI=1S/C34H50O4/c1-2-3-4-5-6-7-8-9-10-11-12-13-14-15-19-22-33(35)37-30-25-23-29(24-26-30)32-27-31(34(36)38-32)28-20-17-16-18-21-28/h23-27H,2-22H2,1H3. The number of benzene rings is 1. The highest BCUT2D eigenvalue weighted by Crippen LogP contribution is 2.34. The van der Waals surface area contributed by atoms with Crippen LogP contribution in [-0.4, -0.2) is 11.9 Å². The normalized spacial score (nSPS) is 15.5. The molecule has 0 amide bonds. The van der Waals surface area contributed by atoms with Crippen LogP contribution in [0.25, 0.3) is 5.76 Å². The summed E-state index contributed by atoms with van der Waals surface area (Å²) in [6.45, 7) is 2.27. The number of carbonyl (C=O) groups is 2. The molecule has 4 heteroatoms. The van der Waals surface area contributed by atoms with Gasteiger partial charge in [-0.15, -0.1) is 0 Å².